The van der Waals surface area contributed by atoms with Crippen LogP contribution in [0, 0.1) is 18.3 Å². The fraction of sp³-hybridized carbons (Fsp3) is 0.545. The average molecular weight is 445 g/mol. The molecule has 6 nitrogen and oxygen atoms in total. The summed E-state index contributed by atoms with van der Waals surface area (Å²) in [6.45, 7) is 7.52. The van der Waals surface area contributed by atoms with Crippen molar-refractivity contribution in [1.29, 1.82) is 5.26 Å². The topological polar surface area (TPSA) is 69.3 Å². The smallest absolute Gasteiger partial charge is 0.270 e. The molecule has 2 aliphatic heterocycles. The van der Waals surface area contributed by atoms with Crippen molar-refractivity contribution < 1.29 is 4.79 Å². The number of thioether (sulfide) groups is 1. The minimum atomic E-state index is -0.293. The molecule has 1 amide bonds. The molecule has 160 valence electrons. The van der Waals surface area contributed by atoms with Gasteiger partial charge in [0.25, 0.3) is 11.5 Å². The van der Waals surface area contributed by atoms with E-state index in [-0.39, 0.29) is 23.1 Å². The van der Waals surface area contributed by atoms with E-state index in [2.05, 4.69) is 11.0 Å². The zero-order chi connectivity index (χ0) is 22.0. The summed E-state index contributed by atoms with van der Waals surface area (Å²) >= 11 is 6.76. The zero-order valence-corrected chi connectivity index (χ0v) is 19.7. The molecule has 3 heterocycles. The van der Waals surface area contributed by atoms with Crippen molar-refractivity contribution in [2.75, 3.05) is 18.0 Å². The second-order valence-corrected chi connectivity index (χ2v) is 9.60. The summed E-state index contributed by atoms with van der Waals surface area (Å²) in [4.78, 5) is 30.4. The molecule has 2 saturated heterocycles. The van der Waals surface area contributed by atoms with Gasteiger partial charge in [-0.1, -0.05) is 43.7 Å². The lowest BCUT2D eigenvalue weighted by Gasteiger charge is -2.28. The van der Waals surface area contributed by atoms with Gasteiger partial charge in [0, 0.05) is 31.7 Å². The first-order valence-electron chi connectivity index (χ1n) is 10.5. The van der Waals surface area contributed by atoms with E-state index in [4.69, 9.17) is 12.2 Å². The van der Waals surface area contributed by atoms with E-state index in [1.807, 2.05) is 19.9 Å². The Morgan fingerprint density at radius 1 is 1.23 bits per heavy atom. The number of thiocarbonyl (C=S) groups is 1. The Kier molecular flexibility index (Phi) is 7.04. The molecule has 2 aliphatic rings. The predicted molar refractivity (Wildman–Crippen MR) is 127 cm³/mol. The van der Waals surface area contributed by atoms with Crippen molar-refractivity contribution in [3.8, 4) is 6.07 Å². The maximum absolute atomic E-state index is 13.1. The zero-order valence-electron chi connectivity index (χ0n) is 18.0. The van der Waals surface area contributed by atoms with Crippen molar-refractivity contribution in [2.24, 2.45) is 7.05 Å². The number of amides is 1. The van der Waals surface area contributed by atoms with Crippen molar-refractivity contribution in [3.05, 3.63) is 31.9 Å². The van der Waals surface area contributed by atoms with Crippen molar-refractivity contribution in [3.63, 3.8) is 0 Å². The van der Waals surface area contributed by atoms with Crippen molar-refractivity contribution in [1.82, 2.24) is 9.47 Å². The normalized spacial score (nSPS) is 19.9. The number of carbonyl (C=O) groups is 1. The van der Waals surface area contributed by atoms with Crippen LogP contribution in [-0.2, 0) is 11.8 Å². The molecule has 8 heteroatoms. The molecule has 0 aliphatic carbocycles. The summed E-state index contributed by atoms with van der Waals surface area (Å²) in [7, 11) is 1.71. The largest absolute Gasteiger partial charge is 0.357 e. The van der Waals surface area contributed by atoms with Crippen molar-refractivity contribution >= 4 is 46.1 Å². The van der Waals surface area contributed by atoms with Crippen LogP contribution >= 0.6 is 24.0 Å². The lowest BCUT2D eigenvalue weighted by molar-refractivity contribution is -0.123. The first-order valence-corrected chi connectivity index (χ1v) is 11.7. The molecule has 1 atom stereocenters. The highest BCUT2D eigenvalue weighted by Gasteiger charge is 2.35. The lowest BCUT2D eigenvalue weighted by atomic mass is 10.0. The molecule has 0 bridgehead atoms. The molecule has 0 radical (unpaired) electrons. The first-order chi connectivity index (χ1) is 14.3. The highest BCUT2D eigenvalue weighted by molar-refractivity contribution is 8.26. The van der Waals surface area contributed by atoms with Crippen LogP contribution in [0.3, 0.4) is 0 Å². The third kappa shape index (κ3) is 4.06. The number of pyridine rings is 1. The van der Waals surface area contributed by atoms with Crippen LogP contribution in [0.4, 0.5) is 5.82 Å². The first kappa shape index (κ1) is 22.6. The van der Waals surface area contributed by atoms with Gasteiger partial charge in [-0.15, -0.1) is 0 Å². The molecule has 0 saturated carbocycles. The van der Waals surface area contributed by atoms with Crippen LogP contribution in [0.15, 0.2) is 9.70 Å². The van der Waals surface area contributed by atoms with Gasteiger partial charge in [-0.05, 0) is 44.7 Å². The molecule has 0 aromatic carbocycles. The number of nitriles is 1. The summed E-state index contributed by atoms with van der Waals surface area (Å²) in [5.41, 5.74) is 1.21. The fourth-order valence-corrected chi connectivity index (χ4v) is 5.49. The second kappa shape index (κ2) is 9.36. The van der Waals surface area contributed by atoms with Gasteiger partial charge in [-0.2, -0.15) is 5.26 Å². The van der Waals surface area contributed by atoms with E-state index in [1.165, 1.54) is 24.6 Å². The Labute approximate surface area is 187 Å². The maximum atomic E-state index is 13.1. The number of hydrogen-bond acceptors (Lipinski definition) is 6. The Morgan fingerprint density at radius 3 is 2.43 bits per heavy atom. The van der Waals surface area contributed by atoms with Crippen LogP contribution in [0.1, 0.15) is 62.6 Å². The third-order valence-corrected chi connectivity index (χ3v) is 7.33. The molecule has 0 spiro atoms. The van der Waals surface area contributed by atoms with Gasteiger partial charge in [0.15, 0.2) is 0 Å². The summed E-state index contributed by atoms with van der Waals surface area (Å²) in [5, 5.41) is 9.60. The van der Waals surface area contributed by atoms with Gasteiger partial charge in [0.05, 0.1) is 4.91 Å². The Morgan fingerprint density at radius 2 is 1.87 bits per heavy atom. The van der Waals surface area contributed by atoms with Crippen LogP contribution in [0.5, 0.6) is 0 Å². The van der Waals surface area contributed by atoms with E-state index < -0.39 is 0 Å². The molecule has 3 rings (SSSR count). The van der Waals surface area contributed by atoms with E-state index in [0.29, 0.717) is 14.8 Å². The van der Waals surface area contributed by atoms with Crippen LogP contribution in [0.2, 0.25) is 0 Å². The van der Waals surface area contributed by atoms with Crippen LogP contribution < -0.4 is 10.5 Å². The number of carbonyl (C=O) groups excluding carboxylic acids is 1. The summed E-state index contributed by atoms with van der Waals surface area (Å²) < 4.78 is 2.12. The van der Waals surface area contributed by atoms with Crippen LogP contribution in [0.25, 0.3) is 6.08 Å². The second-order valence-electron chi connectivity index (χ2n) is 7.92. The highest BCUT2D eigenvalue weighted by atomic mass is 32.2. The SMILES string of the molecule is CCC(C)N1C(=O)/C(=C/c2c(C)c(C#N)c(=O)n(C)c2N2CCCCCC2)SC1=S. The van der Waals surface area contributed by atoms with E-state index in [9.17, 15) is 14.9 Å². The Bertz CT molecular complexity index is 998. The molecule has 0 N–H and O–H groups in total. The minimum absolute atomic E-state index is 0.0318. The molecular formula is C22H28N4O2S2. The molecule has 1 aromatic rings. The monoisotopic (exact) mass is 444 g/mol. The Balaban J connectivity index is 2.18. The number of anilines is 1. The molecule has 30 heavy (non-hydrogen) atoms. The fourth-order valence-electron chi connectivity index (χ4n) is 4.05. The Hall–Kier alpha value is -2.11. The molecule has 1 aromatic heterocycles. The van der Waals surface area contributed by atoms with Gasteiger partial charge in [-0.3, -0.25) is 19.1 Å². The molecular weight excluding hydrogens is 416 g/mol. The summed E-state index contributed by atoms with van der Waals surface area (Å²) in [6.07, 6.45) is 7.10. The number of hydrogen-bond donors (Lipinski definition) is 0. The van der Waals surface area contributed by atoms with Gasteiger partial charge in [0.2, 0.25) is 0 Å². The number of nitrogens with zero attached hydrogens (tertiary/aromatic N) is 4. The van der Waals surface area contributed by atoms with Crippen molar-refractivity contribution in [2.45, 2.75) is 58.9 Å². The molecule has 2 fully saturated rings. The van der Waals surface area contributed by atoms with E-state index >= 15 is 0 Å². The maximum Gasteiger partial charge on any atom is 0.270 e. The third-order valence-electron chi connectivity index (χ3n) is 6.00. The van der Waals surface area contributed by atoms with E-state index in [0.717, 1.165) is 43.7 Å². The van der Waals surface area contributed by atoms with Crippen LogP contribution in [-0.4, -0.2) is 38.8 Å². The van der Waals surface area contributed by atoms with Gasteiger partial charge >= 0.3 is 0 Å². The summed E-state index contributed by atoms with van der Waals surface area (Å²) in [5.74, 6) is 0.681. The standard InChI is InChI=1S/C22H28N4O2S2/c1-5-14(2)26-21(28)18(30-22(26)29)12-16-15(3)17(13-23)20(27)24(4)19(16)25-10-8-6-7-9-11-25/h12,14H,5-11H2,1-4H3/b18-12-. The highest BCUT2D eigenvalue weighted by Crippen LogP contribution is 2.37. The lowest BCUT2D eigenvalue weighted by Crippen LogP contribution is -2.36. The summed E-state index contributed by atoms with van der Waals surface area (Å²) in [6, 6.07) is 2.09. The predicted octanol–water partition coefficient (Wildman–Crippen LogP) is 3.95. The van der Waals surface area contributed by atoms with Gasteiger partial charge in [-0.25, -0.2) is 0 Å². The van der Waals surface area contributed by atoms with Gasteiger partial charge in [0.1, 0.15) is 21.8 Å². The van der Waals surface area contributed by atoms with E-state index in [1.54, 1.807) is 23.4 Å². The number of aromatic nitrogens is 1. The average Bonchev–Trinajstić information content (AvgIpc) is 2.90. The minimum Gasteiger partial charge on any atom is -0.357 e. The van der Waals surface area contributed by atoms with Gasteiger partial charge < -0.3 is 4.90 Å². The quantitative estimate of drug-likeness (QED) is 0.517. The molecule has 1 unspecified atom stereocenters. The number of rotatable bonds is 4.